The number of ether oxygens (including phenoxy) is 1. The summed E-state index contributed by atoms with van der Waals surface area (Å²) >= 11 is 0. The van der Waals surface area contributed by atoms with Crippen LogP contribution in [-0.4, -0.2) is 5.97 Å². The minimum atomic E-state index is -4.91. The standard InChI is InChI=1S/C24H17F3O4/c1-13(2)23(29)30-15-10-11-18-19(12-15)31-22(24(25,26)27)20(21(18)28)17-9-5-7-14-6-3-4-8-16(14)17/h3-13H,1-2H3. The summed E-state index contributed by atoms with van der Waals surface area (Å²) in [7, 11) is 0. The molecule has 0 amide bonds. The van der Waals surface area contributed by atoms with Crippen LogP contribution < -0.4 is 10.2 Å². The molecule has 0 aliphatic heterocycles. The van der Waals surface area contributed by atoms with Crippen LogP contribution in [0.15, 0.2) is 69.9 Å². The first kappa shape index (κ1) is 20.7. The van der Waals surface area contributed by atoms with Crippen molar-refractivity contribution in [2.45, 2.75) is 20.0 Å². The second-order valence-electron chi connectivity index (χ2n) is 7.39. The van der Waals surface area contributed by atoms with Crippen LogP contribution in [0.3, 0.4) is 0 Å². The van der Waals surface area contributed by atoms with E-state index in [-0.39, 0.29) is 22.3 Å². The molecule has 0 spiro atoms. The summed E-state index contributed by atoms with van der Waals surface area (Å²) in [5.74, 6) is -2.37. The van der Waals surface area contributed by atoms with E-state index in [1.165, 1.54) is 18.2 Å². The Morgan fingerprint density at radius 3 is 2.39 bits per heavy atom. The van der Waals surface area contributed by atoms with Crippen molar-refractivity contribution in [3.8, 4) is 16.9 Å². The van der Waals surface area contributed by atoms with Crippen molar-refractivity contribution < 1.29 is 27.1 Å². The van der Waals surface area contributed by atoms with Crippen molar-refractivity contribution in [3.63, 3.8) is 0 Å². The molecule has 0 bridgehead atoms. The molecule has 1 heterocycles. The van der Waals surface area contributed by atoms with E-state index in [0.717, 1.165) is 6.07 Å². The van der Waals surface area contributed by atoms with Gasteiger partial charge in [-0.15, -0.1) is 0 Å². The molecular weight excluding hydrogens is 409 g/mol. The minimum Gasteiger partial charge on any atom is -0.450 e. The van der Waals surface area contributed by atoms with Gasteiger partial charge in [-0.2, -0.15) is 13.2 Å². The normalized spacial score (nSPS) is 11.9. The number of hydrogen-bond acceptors (Lipinski definition) is 4. The van der Waals surface area contributed by atoms with Gasteiger partial charge < -0.3 is 9.15 Å². The number of esters is 1. The van der Waals surface area contributed by atoms with Crippen LogP contribution in [0.5, 0.6) is 5.75 Å². The Morgan fingerprint density at radius 1 is 0.968 bits per heavy atom. The van der Waals surface area contributed by atoms with E-state index in [1.54, 1.807) is 50.2 Å². The van der Waals surface area contributed by atoms with Crippen molar-refractivity contribution in [2.24, 2.45) is 5.92 Å². The lowest BCUT2D eigenvalue weighted by Crippen LogP contribution is -2.17. The number of fused-ring (bicyclic) bond motifs is 2. The predicted molar refractivity (Wildman–Crippen MR) is 111 cm³/mol. The van der Waals surface area contributed by atoms with Crippen molar-refractivity contribution in [2.75, 3.05) is 0 Å². The van der Waals surface area contributed by atoms with E-state index in [2.05, 4.69) is 0 Å². The van der Waals surface area contributed by atoms with Crippen LogP contribution in [-0.2, 0) is 11.0 Å². The maximum absolute atomic E-state index is 13.9. The summed E-state index contributed by atoms with van der Waals surface area (Å²) in [6, 6.07) is 15.5. The average molecular weight is 426 g/mol. The van der Waals surface area contributed by atoms with Gasteiger partial charge >= 0.3 is 12.1 Å². The van der Waals surface area contributed by atoms with Crippen LogP contribution in [0.1, 0.15) is 19.6 Å². The van der Waals surface area contributed by atoms with Gasteiger partial charge in [0, 0.05) is 6.07 Å². The van der Waals surface area contributed by atoms with Crippen LogP contribution in [0.4, 0.5) is 13.2 Å². The van der Waals surface area contributed by atoms with E-state index >= 15 is 0 Å². The Labute approximate surface area is 174 Å². The molecule has 158 valence electrons. The highest BCUT2D eigenvalue weighted by atomic mass is 19.4. The molecule has 0 saturated heterocycles. The zero-order valence-electron chi connectivity index (χ0n) is 16.6. The zero-order chi connectivity index (χ0) is 22.3. The largest absolute Gasteiger partial charge is 0.450 e. The second kappa shape index (κ2) is 7.58. The van der Waals surface area contributed by atoms with Gasteiger partial charge in [0.1, 0.15) is 11.3 Å². The fourth-order valence-corrected chi connectivity index (χ4v) is 3.36. The van der Waals surface area contributed by atoms with Gasteiger partial charge in [0.15, 0.2) is 0 Å². The van der Waals surface area contributed by atoms with E-state index in [4.69, 9.17) is 9.15 Å². The third-order valence-corrected chi connectivity index (χ3v) is 4.87. The predicted octanol–water partition coefficient (Wildman–Crippen LogP) is 6.19. The number of rotatable bonds is 3. The van der Waals surface area contributed by atoms with Gasteiger partial charge in [-0.25, -0.2) is 0 Å². The van der Waals surface area contributed by atoms with Crippen molar-refractivity contribution in [1.82, 2.24) is 0 Å². The molecule has 0 atom stereocenters. The first-order valence-electron chi connectivity index (χ1n) is 9.54. The first-order chi connectivity index (χ1) is 14.7. The lowest BCUT2D eigenvalue weighted by Gasteiger charge is -2.15. The molecule has 31 heavy (non-hydrogen) atoms. The van der Waals surface area contributed by atoms with Gasteiger partial charge in [-0.3, -0.25) is 9.59 Å². The SMILES string of the molecule is CC(C)C(=O)Oc1ccc2c(=O)c(-c3cccc4ccccc34)c(C(F)(F)F)oc2c1. The third-order valence-electron chi connectivity index (χ3n) is 4.87. The number of halogens is 3. The van der Waals surface area contributed by atoms with E-state index in [0.29, 0.717) is 10.8 Å². The molecule has 0 radical (unpaired) electrons. The molecule has 0 aliphatic rings. The summed E-state index contributed by atoms with van der Waals surface area (Å²) < 4.78 is 52.2. The van der Waals surface area contributed by atoms with E-state index in [1.807, 2.05) is 0 Å². The maximum Gasteiger partial charge on any atom is 0.450 e. The fraction of sp³-hybridized carbons (Fsp3) is 0.167. The molecule has 4 rings (SSSR count). The van der Waals surface area contributed by atoms with Gasteiger partial charge in [0.25, 0.3) is 0 Å². The fourth-order valence-electron chi connectivity index (χ4n) is 3.36. The van der Waals surface area contributed by atoms with Crippen molar-refractivity contribution in [3.05, 3.63) is 76.6 Å². The van der Waals surface area contributed by atoms with Gasteiger partial charge in [-0.05, 0) is 28.5 Å². The number of benzene rings is 3. The molecule has 7 heteroatoms. The smallest absolute Gasteiger partial charge is 0.450 e. The van der Waals surface area contributed by atoms with E-state index in [9.17, 15) is 22.8 Å². The molecule has 4 aromatic rings. The van der Waals surface area contributed by atoms with Gasteiger partial charge in [0.05, 0.1) is 16.9 Å². The average Bonchev–Trinajstić information content (AvgIpc) is 2.72. The molecule has 0 unspecified atom stereocenters. The minimum absolute atomic E-state index is 0.000357. The molecule has 1 aromatic heterocycles. The lowest BCUT2D eigenvalue weighted by atomic mass is 9.96. The highest BCUT2D eigenvalue weighted by molar-refractivity contribution is 5.98. The number of carbonyl (C=O) groups excluding carboxylic acids is 1. The van der Waals surface area contributed by atoms with Crippen LogP contribution in [0, 0.1) is 5.92 Å². The quantitative estimate of drug-likeness (QED) is 0.289. The molecular formula is C24H17F3O4. The summed E-state index contributed by atoms with van der Waals surface area (Å²) in [4.78, 5) is 25.0. The van der Waals surface area contributed by atoms with Crippen LogP contribution in [0.2, 0.25) is 0 Å². The van der Waals surface area contributed by atoms with E-state index < -0.39 is 34.8 Å². The maximum atomic E-state index is 13.9. The Balaban J connectivity index is 2.01. The highest BCUT2D eigenvalue weighted by Crippen LogP contribution is 2.39. The zero-order valence-corrected chi connectivity index (χ0v) is 16.6. The number of carbonyl (C=O) groups is 1. The second-order valence-corrected chi connectivity index (χ2v) is 7.39. The lowest BCUT2D eigenvalue weighted by molar-refractivity contribution is -0.152. The summed E-state index contributed by atoms with van der Waals surface area (Å²) in [6.45, 7) is 3.25. The van der Waals surface area contributed by atoms with Crippen molar-refractivity contribution >= 4 is 27.7 Å². The molecule has 0 aliphatic carbocycles. The summed E-state index contributed by atoms with van der Waals surface area (Å²) in [5.41, 5.74) is -1.54. The Bertz CT molecular complexity index is 1360. The van der Waals surface area contributed by atoms with Crippen LogP contribution >= 0.6 is 0 Å². The third kappa shape index (κ3) is 3.79. The van der Waals surface area contributed by atoms with Crippen LogP contribution in [0.25, 0.3) is 32.9 Å². The number of alkyl halides is 3. The first-order valence-corrected chi connectivity index (χ1v) is 9.54. The summed E-state index contributed by atoms with van der Waals surface area (Å²) in [5, 5.41) is 1.16. The Hall–Kier alpha value is -3.61. The Kier molecular flexibility index (Phi) is 5.05. The number of hydrogen-bond donors (Lipinski definition) is 0. The van der Waals surface area contributed by atoms with Gasteiger partial charge in [0.2, 0.25) is 11.2 Å². The molecule has 0 saturated carbocycles. The topological polar surface area (TPSA) is 56.5 Å². The molecule has 3 aromatic carbocycles. The molecule has 4 nitrogen and oxygen atoms in total. The van der Waals surface area contributed by atoms with Crippen molar-refractivity contribution in [1.29, 1.82) is 0 Å². The molecule has 0 N–H and O–H groups in total. The molecule has 0 fully saturated rings. The monoisotopic (exact) mass is 426 g/mol. The van der Waals surface area contributed by atoms with Gasteiger partial charge in [-0.1, -0.05) is 56.3 Å². The Morgan fingerprint density at radius 2 is 1.68 bits per heavy atom. The summed E-state index contributed by atoms with van der Waals surface area (Å²) in [6.07, 6.45) is -4.91. The highest BCUT2D eigenvalue weighted by Gasteiger charge is 2.39.